The predicted octanol–water partition coefficient (Wildman–Crippen LogP) is 4.00. The predicted molar refractivity (Wildman–Crippen MR) is 96.4 cm³/mol. The second kappa shape index (κ2) is 7.65. The lowest BCUT2D eigenvalue weighted by Gasteiger charge is -2.07. The van der Waals surface area contributed by atoms with E-state index in [9.17, 15) is 4.79 Å². The van der Waals surface area contributed by atoms with Crippen molar-refractivity contribution in [2.45, 2.75) is 6.42 Å². The van der Waals surface area contributed by atoms with Gasteiger partial charge in [0.15, 0.2) is 0 Å². The number of benzene rings is 1. The summed E-state index contributed by atoms with van der Waals surface area (Å²) in [6.45, 7) is 0.468. The molecule has 0 atom stereocenters. The summed E-state index contributed by atoms with van der Waals surface area (Å²) in [5, 5.41) is 13.2. The summed E-state index contributed by atoms with van der Waals surface area (Å²) >= 11 is 13.2. The lowest BCUT2D eigenvalue weighted by Crippen LogP contribution is -2.30. The van der Waals surface area contributed by atoms with Crippen LogP contribution < -0.4 is 10.6 Å². The molecule has 2 aromatic heterocycles. The summed E-state index contributed by atoms with van der Waals surface area (Å²) in [6.07, 6.45) is 4.17. The number of hydrogen-bond donors (Lipinski definition) is 2. The smallest absolute Gasteiger partial charge is 0.319 e. The zero-order valence-electron chi connectivity index (χ0n) is 12.4. The van der Waals surface area contributed by atoms with Gasteiger partial charge in [0.2, 0.25) is 5.13 Å². The fourth-order valence-corrected chi connectivity index (χ4v) is 3.05. The number of anilines is 1. The number of rotatable bonds is 5. The van der Waals surface area contributed by atoms with E-state index in [1.54, 1.807) is 29.1 Å². The van der Waals surface area contributed by atoms with Crippen molar-refractivity contribution >= 4 is 46.3 Å². The van der Waals surface area contributed by atoms with Crippen molar-refractivity contribution < 1.29 is 4.79 Å². The first-order chi connectivity index (χ1) is 11.6. The third-order valence-electron chi connectivity index (χ3n) is 3.08. The molecular formula is C15H13Cl2N5OS. The molecule has 2 heterocycles. The van der Waals surface area contributed by atoms with Gasteiger partial charge in [-0.25, -0.2) is 14.5 Å². The van der Waals surface area contributed by atoms with Gasteiger partial charge in [0.25, 0.3) is 0 Å². The van der Waals surface area contributed by atoms with E-state index in [-0.39, 0.29) is 6.03 Å². The molecule has 0 fully saturated rings. The first kappa shape index (κ1) is 16.8. The Kier molecular flexibility index (Phi) is 5.34. The maximum absolute atomic E-state index is 11.9. The number of carbonyl (C=O) groups is 1. The summed E-state index contributed by atoms with van der Waals surface area (Å²) in [6, 6.07) is 6.45. The number of thiazole rings is 1. The van der Waals surface area contributed by atoms with E-state index in [1.165, 1.54) is 11.3 Å². The largest absolute Gasteiger partial charge is 0.337 e. The van der Waals surface area contributed by atoms with Gasteiger partial charge in [-0.15, -0.1) is 11.3 Å². The van der Waals surface area contributed by atoms with Crippen LogP contribution in [0.1, 0.15) is 5.69 Å². The van der Waals surface area contributed by atoms with Gasteiger partial charge in [-0.05, 0) is 24.3 Å². The zero-order chi connectivity index (χ0) is 16.9. The molecule has 0 aliphatic heterocycles. The molecule has 0 radical (unpaired) electrons. The molecule has 3 rings (SSSR count). The minimum atomic E-state index is -0.309. The molecule has 2 amide bonds. The van der Waals surface area contributed by atoms with E-state index in [0.29, 0.717) is 28.7 Å². The number of nitrogens with zero attached hydrogens (tertiary/aromatic N) is 3. The molecular weight excluding hydrogens is 369 g/mol. The van der Waals surface area contributed by atoms with Crippen molar-refractivity contribution in [2.24, 2.45) is 0 Å². The molecule has 2 N–H and O–H groups in total. The van der Waals surface area contributed by atoms with Crippen LogP contribution in [0, 0.1) is 0 Å². The summed E-state index contributed by atoms with van der Waals surface area (Å²) in [7, 11) is 0. The molecule has 0 unspecified atom stereocenters. The molecule has 0 aliphatic rings. The Hall–Kier alpha value is -2.09. The summed E-state index contributed by atoms with van der Waals surface area (Å²) < 4.78 is 1.71. The molecule has 9 heteroatoms. The van der Waals surface area contributed by atoms with E-state index in [2.05, 4.69) is 20.7 Å². The maximum Gasteiger partial charge on any atom is 0.319 e. The zero-order valence-corrected chi connectivity index (χ0v) is 14.7. The highest BCUT2D eigenvalue weighted by atomic mass is 35.5. The molecule has 0 saturated carbocycles. The van der Waals surface area contributed by atoms with Gasteiger partial charge in [0.05, 0.1) is 15.7 Å². The highest BCUT2D eigenvalue weighted by Crippen LogP contribution is 2.24. The SMILES string of the molecule is O=C(NCCc1csc(-n2cccn2)n1)Nc1ccc(Cl)c(Cl)c1. The monoisotopic (exact) mass is 381 g/mol. The van der Waals surface area contributed by atoms with Crippen molar-refractivity contribution in [3.63, 3.8) is 0 Å². The second-order valence-electron chi connectivity index (χ2n) is 4.83. The van der Waals surface area contributed by atoms with Crippen LogP contribution in [0.4, 0.5) is 10.5 Å². The first-order valence-electron chi connectivity index (χ1n) is 7.06. The summed E-state index contributed by atoms with van der Waals surface area (Å²) in [5.41, 5.74) is 1.48. The molecule has 0 bridgehead atoms. The van der Waals surface area contributed by atoms with Crippen LogP contribution in [-0.4, -0.2) is 27.3 Å². The molecule has 24 heavy (non-hydrogen) atoms. The molecule has 0 spiro atoms. The Morgan fingerprint density at radius 2 is 2.17 bits per heavy atom. The van der Waals surface area contributed by atoms with E-state index < -0.39 is 0 Å². The molecule has 3 aromatic rings. The lowest BCUT2D eigenvalue weighted by molar-refractivity contribution is 0.252. The number of carbonyl (C=O) groups excluding carboxylic acids is 1. The Bertz CT molecular complexity index is 834. The van der Waals surface area contributed by atoms with Crippen molar-refractivity contribution in [3.05, 3.63) is 57.8 Å². The third-order valence-corrected chi connectivity index (χ3v) is 4.70. The second-order valence-corrected chi connectivity index (χ2v) is 6.48. The van der Waals surface area contributed by atoms with Gasteiger partial charge in [-0.1, -0.05) is 23.2 Å². The highest BCUT2D eigenvalue weighted by Gasteiger charge is 2.06. The van der Waals surface area contributed by atoms with Crippen molar-refractivity contribution in [3.8, 4) is 5.13 Å². The average molecular weight is 382 g/mol. The van der Waals surface area contributed by atoms with Crippen LogP contribution in [0.25, 0.3) is 5.13 Å². The Labute approximate surface area is 152 Å². The van der Waals surface area contributed by atoms with Crippen LogP contribution in [0.5, 0.6) is 0 Å². The van der Waals surface area contributed by atoms with E-state index in [0.717, 1.165) is 10.8 Å². The van der Waals surface area contributed by atoms with Crippen LogP contribution >= 0.6 is 34.5 Å². The van der Waals surface area contributed by atoms with Gasteiger partial charge in [0.1, 0.15) is 0 Å². The Balaban J connectivity index is 1.47. The Morgan fingerprint density at radius 1 is 1.29 bits per heavy atom. The van der Waals surface area contributed by atoms with Crippen LogP contribution in [0.15, 0.2) is 42.0 Å². The molecule has 0 aliphatic carbocycles. The van der Waals surface area contributed by atoms with Gasteiger partial charge in [-0.2, -0.15) is 5.10 Å². The van der Waals surface area contributed by atoms with Gasteiger partial charge >= 0.3 is 6.03 Å². The summed E-state index contributed by atoms with van der Waals surface area (Å²) in [5.74, 6) is 0. The normalized spacial score (nSPS) is 10.6. The van der Waals surface area contributed by atoms with Crippen LogP contribution in [0.3, 0.4) is 0 Å². The number of hydrogen-bond acceptors (Lipinski definition) is 4. The average Bonchev–Trinajstić information content (AvgIpc) is 3.22. The van der Waals surface area contributed by atoms with Crippen molar-refractivity contribution in [1.29, 1.82) is 0 Å². The quantitative estimate of drug-likeness (QED) is 0.701. The number of nitrogens with one attached hydrogen (secondary N) is 2. The third kappa shape index (κ3) is 4.25. The van der Waals surface area contributed by atoms with E-state index in [1.807, 2.05) is 17.6 Å². The molecule has 6 nitrogen and oxygen atoms in total. The van der Waals surface area contributed by atoms with Gasteiger partial charge in [-0.3, -0.25) is 0 Å². The van der Waals surface area contributed by atoms with Crippen molar-refractivity contribution in [2.75, 3.05) is 11.9 Å². The number of aromatic nitrogens is 3. The van der Waals surface area contributed by atoms with E-state index >= 15 is 0 Å². The minimum absolute atomic E-state index is 0.309. The lowest BCUT2D eigenvalue weighted by atomic mass is 10.3. The number of urea groups is 1. The minimum Gasteiger partial charge on any atom is -0.337 e. The Morgan fingerprint density at radius 3 is 2.92 bits per heavy atom. The standard InChI is InChI=1S/C15H13Cl2N5OS/c16-12-3-2-10(8-13(12)17)20-14(23)18-6-4-11-9-24-15(21-11)22-7-1-5-19-22/h1-3,5,7-9H,4,6H2,(H2,18,20,23). The number of amides is 2. The molecule has 0 saturated heterocycles. The van der Waals surface area contributed by atoms with E-state index in [4.69, 9.17) is 23.2 Å². The maximum atomic E-state index is 11.9. The van der Waals surface area contributed by atoms with Crippen molar-refractivity contribution in [1.82, 2.24) is 20.1 Å². The molecule has 124 valence electrons. The molecule has 1 aromatic carbocycles. The highest BCUT2D eigenvalue weighted by molar-refractivity contribution is 7.12. The topological polar surface area (TPSA) is 71.8 Å². The first-order valence-corrected chi connectivity index (χ1v) is 8.70. The number of halogens is 2. The summed E-state index contributed by atoms with van der Waals surface area (Å²) in [4.78, 5) is 16.3. The fourth-order valence-electron chi connectivity index (χ4n) is 1.95. The van der Waals surface area contributed by atoms with Gasteiger partial charge < -0.3 is 10.6 Å². The van der Waals surface area contributed by atoms with Gasteiger partial charge in [0, 0.05) is 36.4 Å². The van der Waals surface area contributed by atoms with Crippen LogP contribution in [-0.2, 0) is 6.42 Å². The van der Waals surface area contributed by atoms with Crippen LogP contribution in [0.2, 0.25) is 10.0 Å². The fraction of sp³-hybridized carbons (Fsp3) is 0.133.